The van der Waals surface area contributed by atoms with Crippen LogP contribution in [0.1, 0.15) is 24.3 Å². The molecule has 0 bridgehead atoms. The van der Waals surface area contributed by atoms with E-state index in [4.69, 9.17) is 0 Å². The summed E-state index contributed by atoms with van der Waals surface area (Å²) < 4.78 is 1.04. The minimum Gasteiger partial charge on any atom is -0.289 e. The second-order valence-electron chi connectivity index (χ2n) is 4.98. The number of rotatable bonds is 3. The van der Waals surface area contributed by atoms with Crippen molar-refractivity contribution in [1.29, 1.82) is 0 Å². The Balaban J connectivity index is 2.53. The van der Waals surface area contributed by atoms with Crippen molar-refractivity contribution in [3.05, 3.63) is 63.2 Å². The van der Waals surface area contributed by atoms with Gasteiger partial charge in [-0.2, -0.15) is 0 Å². The SMILES string of the molecule is C=C(/C=C\c1sc2ccccc2c(=O)c1C)C(C)C. The zero-order chi connectivity index (χ0) is 14.0. The lowest BCUT2D eigenvalue weighted by molar-refractivity contribution is 0.796. The van der Waals surface area contributed by atoms with Crippen molar-refractivity contribution in [1.82, 2.24) is 0 Å². The fourth-order valence-corrected chi connectivity index (χ4v) is 2.82. The Morgan fingerprint density at radius 2 is 2.00 bits per heavy atom. The topological polar surface area (TPSA) is 17.1 Å². The van der Waals surface area contributed by atoms with E-state index in [9.17, 15) is 4.79 Å². The number of allylic oxidation sites excluding steroid dienone is 2. The van der Waals surface area contributed by atoms with Crippen LogP contribution in [0.3, 0.4) is 0 Å². The fraction of sp³-hybridized carbons (Fsp3) is 0.235. The molecule has 1 nitrogen and oxygen atoms in total. The molecule has 0 fully saturated rings. The van der Waals surface area contributed by atoms with Crippen LogP contribution in [0.25, 0.3) is 16.2 Å². The summed E-state index contributed by atoms with van der Waals surface area (Å²) in [5, 5.41) is 0.810. The third kappa shape index (κ3) is 2.85. The van der Waals surface area contributed by atoms with E-state index >= 15 is 0 Å². The van der Waals surface area contributed by atoms with Gasteiger partial charge in [-0.3, -0.25) is 4.79 Å². The molecule has 0 radical (unpaired) electrons. The molecule has 0 spiro atoms. The molecule has 0 aliphatic heterocycles. The Hall–Kier alpha value is -1.67. The first-order chi connectivity index (χ1) is 9.00. The maximum Gasteiger partial charge on any atom is 0.191 e. The number of benzene rings is 1. The van der Waals surface area contributed by atoms with E-state index < -0.39 is 0 Å². The molecule has 2 aromatic rings. The Morgan fingerprint density at radius 3 is 2.68 bits per heavy atom. The first-order valence-electron chi connectivity index (χ1n) is 6.40. The minimum atomic E-state index is 0.129. The highest BCUT2D eigenvalue weighted by molar-refractivity contribution is 7.19. The highest BCUT2D eigenvalue weighted by Crippen LogP contribution is 2.23. The van der Waals surface area contributed by atoms with Crippen LogP contribution in [0, 0.1) is 12.8 Å². The summed E-state index contributed by atoms with van der Waals surface area (Å²) in [5.74, 6) is 0.425. The molecular formula is C17H18OS. The van der Waals surface area contributed by atoms with E-state index in [0.717, 1.165) is 26.1 Å². The molecule has 0 aliphatic carbocycles. The summed E-state index contributed by atoms with van der Waals surface area (Å²) in [6.07, 6.45) is 4.02. The molecule has 98 valence electrons. The van der Waals surface area contributed by atoms with Crippen LogP contribution >= 0.6 is 11.3 Å². The smallest absolute Gasteiger partial charge is 0.191 e. The van der Waals surface area contributed by atoms with E-state index in [-0.39, 0.29) is 5.43 Å². The zero-order valence-electron chi connectivity index (χ0n) is 11.6. The average Bonchev–Trinajstić information content (AvgIpc) is 2.40. The normalized spacial score (nSPS) is 11.6. The molecule has 0 amide bonds. The lowest BCUT2D eigenvalue weighted by Gasteiger charge is -2.05. The Labute approximate surface area is 117 Å². The Kier molecular flexibility index (Phi) is 4.01. The highest BCUT2D eigenvalue weighted by Gasteiger charge is 2.06. The lowest BCUT2D eigenvalue weighted by atomic mass is 10.0. The monoisotopic (exact) mass is 270 g/mol. The molecule has 2 heteroatoms. The van der Waals surface area contributed by atoms with Gasteiger partial charge in [0, 0.05) is 20.5 Å². The van der Waals surface area contributed by atoms with E-state index in [0.29, 0.717) is 5.92 Å². The summed E-state index contributed by atoms with van der Waals surface area (Å²) in [4.78, 5) is 13.3. The largest absolute Gasteiger partial charge is 0.289 e. The van der Waals surface area contributed by atoms with Crippen molar-refractivity contribution in [2.75, 3.05) is 0 Å². The van der Waals surface area contributed by atoms with Crippen LogP contribution in [0.15, 0.2) is 47.3 Å². The Morgan fingerprint density at radius 1 is 1.32 bits per heavy atom. The van der Waals surface area contributed by atoms with Crippen molar-refractivity contribution < 1.29 is 0 Å². The van der Waals surface area contributed by atoms with Crippen molar-refractivity contribution in [2.45, 2.75) is 20.8 Å². The van der Waals surface area contributed by atoms with Crippen molar-refractivity contribution in [3.63, 3.8) is 0 Å². The molecule has 0 saturated heterocycles. The summed E-state index contributed by atoms with van der Waals surface area (Å²) in [5.41, 5.74) is 2.02. The van der Waals surface area contributed by atoms with Crippen LogP contribution in [-0.2, 0) is 0 Å². The van der Waals surface area contributed by atoms with Gasteiger partial charge in [0.1, 0.15) is 0 Å². The molecule has 2 rings (SSSR count). The minimum absolute atomic E-state index is 0.129. The quantitative estimate of drug-likeness (QED) is 0.732. The molecule has 1 heterocycles. The predicted molar refractivity (Wildman–Crippen MR) is 85.8 cm³/mol. The molecule has 1 aromatic heterocycles. The van der Waals surface area contributed by atoms with Crippen LogP contribution in [0.4, 0.5) is 0 Å². The van der Waals surface area contributed by atoms with Crippen molar-refractivity contribution >= 4 is 27.5 Å². The van der Waals surface area contributed by atoms with Crippen LogP contribution in [-0.4, -0.2) is 0 Å². The molecule has 0 N–H and O–H groups in total. The van der Waals surface area contributed by atoms with Crippen molar-refractivity contribution in [3.8, 4) is 0 Å². The van der Waals surface area contributed by atoms with E-state index in [1.807, 2.05) is 43.3 Å². The predicted octanol–water partition coefficient (Wildman–Crippen LogP) is 4.80. The molecule has 0 atom stereocenters. The average molecular weight is 270 g/mol. The molecule has 1 aromatic carbocycles. The third-order valence-corrected chi connectivity index (χ3v) is 4.49. The highest BCUT2D eigenvalue weighted by atomic mass is 32.1. The first-order valence-corrected chi connectivity index (χ1v) is 7.21. The van der Waals surface area contributed by atoms with Gasteiger partial charge < -0.3 is 0 Å². The summed E-state index contributed by atoms with van der Waals surface area (Å²) in [6.45, 7) is 10.1. The molecule has 0 saturated carbocycles. The van der Waals surface area contributed by atoms with E-state index in [2.05, 4.69) is 20.4 Å². The Bertz CT molecular complexity index is 705. The van der Waals surface area contributed by atoms with E-state index in [1.165, 1.54) is 0 Å². The van der Waals surface area contributed by atoms with E-state index in [1.54, 1.807) is 11.3 Å². The molecular weight excluding hydrogens is 252 g/mol. The van der Waals surface area contributed by atoms with Gasteiger partial charge >= 0.3 is 0 Å². The maximum absolute atomic E-state index is 12.3. The van der Waals surface area contributed by atoms with Gasteiger partial charge in [-0.15, -0.1) is 11.3 Å². The van der Waals surface area contributed by atoms with Crippen LogP contribution < -0.4 is 5.43 Å². The van der Waals surface area contributed by atoms with Crippen molar-refractivity contribution in [2.24, 2.45) is 5.92 Å². The van der Waals surface area contributed by atoms with Crippen LogP contribution in [0.5, 0.6) is 0 Å². The van der Waals surface area contributed by atoms with Gasteiger partial charge in [-0.1, -0.05) is 44.2 Å². The molecule has 0 aliphatic rings. The summed E-state index contributed by atoms with van der Waals surface area (Å²) in [7, 11) is 0. The van der Waals surface area contributed by atoms with Crippen LogP contribution in [0.2, 0.25) is 0 Å². The van der Waals surface area contributed by atoms with Gasteiger partial charge in [-0.05, 0) is 31.1 Å². The van der Waals surface area contributed by atoms with Gasteiger partial charge in [-0.25, -0.2) is 0 Å². The molecule has 19 heavy (non-hydrogen) atoms. The fourth-order valence-electron chi connectivity index (χ4n) is 1.79. The second-order valence-corrected chi connectivity index (χ2v) is 6.06. The standard InChI is InChI=1S/C17H18OS/c1-11(2)12(3)9-10-15-13(4)17(18)14-7-5-6-8-16(14)19-15/h5-11H,3H2,1-2,4H3/b10-9-. The van der Waals surface area contributed by atoms with Gasteiger partial charge in [0.05, 0.1) is 0 Å². The maximum atomic E-state index is 12.3. The number of fused-ring (bicyclic) bond motifs is 1. The zero-order valence-corrected chi connectivity index (χ0v) is 12.4. The number of hydrogen-bond acceptors (Lipinski definition) is 2. The number of hydrogen-bond donors (Lipinski definition) is 0. The second kappa shape index (κ2) is 5.54. The third-order valence-electron chi connectivity index (χ3n) is 3.25. The summed E-state index contributed by atoms with van der Waals surface area (Å²) in [6, 6.07) is 7.76. The van der Waals surface area contributed by atoms with Gasteiger partial charge in [0.25, 0.3) is 0 Å². The summed E-state index contributed by atoms with van der Waals surface area (Å²) >= 11 is 1.65. The molecule has 0 unspecified atom stereocenters. The van der Waals surface area contributed by atoms with Gasteiger partial charge in [0.15, 0.2) is 5.43 Å². The lowest BCUT2D eigenvalue weighted by Crippen LogP contribution is -2.05. The first kappa shape index (κ1) is 13.8. The van der Waals surface area contributed by atoms with Gasteiger partial charge in [0.2, 0.25) is 0 Å².